The van der Waals surface area contributed by atoms with Gasteiger partial charge in [-0.25, -0.2) is 4.79 Å². The Morgan fingerprint density at radius 2 is 2.06 bits per heavy atom. The van der Waals surface area contributed by atoms with E-state index in [2.05, 4.69) is 10.6 Å². The van der Waals surface area contributed by atoms with Crippen molar-refractivity contribution in [2.75, 3.05) is 11.5 Å². The third kappa shape index (κ3) is 6.68. The summed E-state index contributed by atoms with van der Waals surface area (Å²) in [6.45, 7) is 3.80. The predicted molar refractivity (Wildman–Crippen MR) is 65.3 cm³/mol. The number of urea groups is 1. The number of nitrogens with one attached hydrogen (secondary N) is 2. The fourth-order valence-corrected chi connectivity index (χ4v) is 1.90. The lowest BCUT2D eigenvalue weighted by molar-refractivity contribution is -0.117. The van der Waals surface area contributed by atoms with Crippen LogP contribution in [0.2, 0.25) is 0 Å². The van der Waals surface area contributed by atoms with Crippen LogP contribution in [0.25, 0.3) is 0 Å². The highest BCUT2D eigenvalue weighted by Gasteiger charge is 2.23. The molecule has 1 saturated carbocycles. The quantitative estimate of drug-likeness (QED) is 0.656. The molecule has 0 aromatic heterocycles. The van der Waals surface area contributed by atoms with E-state index in [4.69, 9.17) is 5.73 Å². The van der Waals surface area contributed by atoms with Crippen molar-refractivity contribution in [1.82, 2.24) is 10.6 Å². The number of carbonyl (C=O) groups is 2. The highest BCUT2D eigenvalue weighted by atomic mass is 32.2. The minimum Gasteiger partial charge on any atom is -0.335 e. The molecular weight excluding hydrogens is 226 g/mol. The second-order valence-corrected chi connectivity index (χ2v) is 5.76. The Bertz CT molecular complexity index is 272. The highest BCUT2D eigenvalue weighted by molar-refractivity contribution is 8.00. The number of nitrogens with two attached hydrogens (primary N) is 1. The van der Waals surface area contributed by atoms with E-state index in [1.54, 1.807) is 0 Å². The van der Waals surface area contributed by atoms with E-state index < -0.39 is 0 Å². The van der Waals surface area contributed by atoms with Gasteiger partial charge in [-0.1, -0.05) is 0 Å². The number of imide groups is 1. The largest absolute Gasteiger partial charge is 0.335 e. The molecule has 1 rings (SSSR count). The Balaban J connectivity index is 2.07. The Hall–Kier alpha value is -0.750. The first-order chi connectivity index (χ1) is 7.37. The normalized spacial score (nSPS) is 15.7. The lowest BCUT2D eigenvalue weighted by atomic mass is 10.1. The molecule has 0 radical (unpaired) electrons. The number of hydrogen-bond donors (Lipinski definition) is 3. The van der Waals surface area contributed by atoms with Crippen LogP contribution in [0.15, 0.2) is 0 Å². The standard InChI is InChI=1S/C10H19N3O2S/c1-10(2,11)6-16-5-8(14)13-9(15)12-7-3-4-7/h7H,3-6,11H2,1-2H3,(H2,12,13,14,15). The van der Waals surface area contributed by atoms with Crippen LogP contribution in [0.5, 0.6) is 0 Å². The second-order valence-electron chi connectivity index (χ2n) is 4.78. The van der Waals surface area contributed by atoms with Crippen LogP contribution in [0.4, 0.5) is 4.79 Å². The van der Waals surface area contributed by atoms with E-state index in [1.807, 2.05) is 13.8 Å². The maximum Gasteiger partial charge on any atom is 0.321 e. The fourth-order valence-electron chi connectivity index (χ4n) is 1.02. The summed E-state index contributed by atoms with van der Waals surface area (Å²) in [6, 6.07) is -0.122. The SMILES string of the molecule is CC(C)(N)CSCC(=O)NC(=O)NC1CC1. The Kier molecular flexibility index (Phi) is 4.61. The second kappa shape index (κ2) is 5.54. The van der Waals surface area contributed by atoms with Gasteiger partial charge in [0.2, 0.25) is 5.91 Å². The van der Waals surface area contributed by atoms with Crippen LogP contribution >= 0.6 is 11.8 Å². The van der Waals surface area contributed by atoms with Crippen LogP contribution in [-0.4, -0.2) is 35.0 Å². The molecule has 3 amide bonds. The molecule has 0 aromatic carbocycles. The molecule has 0 aliphatic heterocycles. The molecular formula is C10H19N3O2S. The maximum atomic E-state index is 11.3. The average molecular weight is 245 g/mol. The van der Waals surface area contributed by atoms with Gasteiger partial charge in [-0.2, -0.15) is 11.8 Å². The van der Waals surface area contributed by atoms with Crippen molar-refractivity contribution in [2.45, 2.75) is 38.3 Å². The molecule has 0 saturated heterocycles. The van der Waals surface area contributed by atoms with Gasteiger partial charge in [0, 0.05) is 17.3 Å². The van der Waals surface area contributed by atoms with Gasteiger partial charge in [-0.15, -0.1) is 0 Å². The Morgan fingerprint density at radius 3 is 2.56 bits per heavy atom. The molecule has 0 atom stereocenters. The minimum atomic E-state index is -0.389. The van der Waals surface area contributed by atoms with Crippen molar-refractivity contribution >= 4 is 23.7 Å². The molecule has 16 heavy (non-hydrogen) atoms. The molecule has 5 nitrogen and oxygen atoms in total. The topological polar surface area (TPSA) is 84.2 Å². The van der Waals surface area contributed by atoms with E-state index in [1.165, 1.54) is 11.8 Å². The van der Waals surface area contributed by atoms with Gasteiger partial charge in [0.25, 0.3) is 0 Å². The first kappa shape index (κ1) is 13.3. The zero-order chi connectivity index (χ0) is 12.2. The summed E-state index contributed by atoms with van der Waals surface area (Å²) in [5.41, 5.74) is 5.47. The van der Waals surface area contributed by atoms with Crippen LogP contribution in [0, 0.1) is 0 Å². The van der Waals surface area contributed by atoms with Crippen molar-refractivity contribution in [3.8, 4) is 0 Å². The van der Waals surface area contributed by atoms with Crippen LogP contribution in [-0.2, 0) is 4.79 Å². The Labute approximate surface area is 99.9 Å². The van der Waals surface area contributed by atoms with E-state index in [9.17, 15) is 9.59 Å². The van der Waals surface area contributed by atoms with Crippen molar-refractivity contribution in [3.05, 3.63) is 0 Å². The van der Waals surface area contributed by atoms with E-state index in [-0.39, 0.29) is 29.3 Å². The lowest BCUT2D eigenvalue weighted by Gasteiger charge is -2.17. The molecule has 0 aromatic rings. The fraction of sp³-hybridized carbons (Fsp3) is 0.800. The molecule has 4 N–H and O–H groups in total. The molecule has 0 bridgehead atoms. The van der Waals surface area contributed by atoms with E-state index in [0.29, 0.717) is 5.75 Å². The zero-order valence-corrected chi connectivity index (χ0v) is 10.5. The van der Waals surface area contributed by atoms with Crippen molar-refractivity contribution in [3.63, 3.8) is 0 Å². The summed E-state index contributed by atoms with van der Waals surface area (Å²) in [6.07, 6.45) is 2.02. The van der Waals surface area contributed by atoms with Crippen molar-refractivity contribution in [1.29, 1.82) is 0 Å². The van der Waals surface area contributed by atoms with Crippen LogP contribution in [0.3, 0.4) is 0 Å². The molecule has 6 heteroatoms. The molecule has 0 unspecified atom stereocenters. The molecule has 1 aliphatic rings. The summed E-state index contributed by atoms with van der Waals surface area (Å²) in [5.74, 6) is 0.677. The number of thioether (sulfide) groups is 1. The predicted octanol–water partition coefficient (Wildman–Crippen LogP) is 0.445. The van der Waals surface area contributed by atoms with E-state index in [0.717, 1.165) is 12.8 Å². The lowest BCUT2D eigenvalue weighted by Crippen LogP contribution is -2.41. The number of carbonyl (C=O) groups excluding carboxylic acids is 2. The zero-order valence-electron chi connectivity index (χ0n) is 9.71. The number of hydrogen-bond acceptors (Lipinski definition) is 4. The molecule has 92 valence electrons. The van der Waals surface area contributed by atoms with Gasteiger partial charge in [0.05, 0.1) is 5.75 Å². The van der Waals surface area contributed by atoms with Crippen LogP contribution < -0.4 is 16.4 Å². The van der Waals surface area contributed by atoms with Gasteiger partial charge in [-0.3, -0.25) is 10.1 Å². The van der Waals surface area contributed by atoms with Gasteiger partial charge in [0.15, 0.2) is 0 Å². The monoisotopic (exact) mass is 245 g/mol. The first-order valence-corrected chi connectivity index (χ1v) is 6.49. The number of rotatable bonds is 5. The average Bonchev–Trinajstić information content (AvgIpc) is 2.84. The summed E-state index contributed by atoms with van der Waals surface area (Å²) in [4.78, 5) is 22.5. The smallest absolute Gasteiger partial charge is 0.321 e. The maximum absolute atomic E-state index is 11.3. The summed E-state index contributed by atoms with van der Waals surface area (Å²) < 4.78 is 0. The number of amides is 3. The van der Waals surface area contributed by atoms with E-state index >= 15 is 0 Å². The third-order valence-electron chi connectivity index (χ3n) is 1.87. The van der Waals surface area contributed by atoms with Gasteiger partial charge in [0.1, 0.15) is 0 Å². The van der Waals surface area contributed by atoms with Gasteiger partial charge in [-0.05, 0) is 26.7 Å². The van der Waals surface area contributed by atoms with Gasteiger partial charge < -0.3 is 11.1 Å². The molecule has 1 fully saturated rings. The van der Waals surface area contributed by atoms with Crippen molar-refractivity contribution < 1.29 is 9.59 Å². The third-order valence-corrected chi connectivity index (χ3v) is 3.29. The minimum absolute atomic E-state index is 0.263. The molecule has 1 aliphatic carbocycles. The highest BCUT2D eigenvalue weighted by Crippen LogP contribution is 2.18. The molecule has 0 spiro atoms. The summed E-state index contributed by atoms with van der Waals surface area (Å²) in [7, 11) is 0. The Morgan fingerprint density at radius 1 is 1.44 bits per heavy atom. The summed E-state index contributed by atoms with van der Waals surface area (Å²) in [5, 5.41) is 4.97. The van der Waals surface area contributed by atoms with Crippen LogP contribution in [0.1, 0.15) is 26.7 Å². The van der Waals surface area contributed by atoms with Crippen molar-refractivity contribution in [2.24, 2.45) is 5.73 Å². The first-order valence-electron chi connectivity index (χ1n) is 5.34. The van der Waals surface area contributed by atoms with Gasteiger partial charge >= 0.3 is 6.03 Å². The summed E-state index contributed by atoms with van der Waals surface area (Å²) >= 11 is 1.43. The molecule has 0 heterocycles.